The standard InChI is InChI=1S/C18H22N2O/c1-12-9-13(2)16(14(3)10-12)11-20-17(18(19)21)15-7-5-4-6-8-15/h4-10,17,20H,11H2,1-3H3,(H2,19,21)/t17-/m1/s1. The average molecular weight is 282 g/mol. The first-order valence-electron chi connectivity index (χ1n) is 7.13. The molecule has 0 radical (unpaired) electrons. The molecule has 0 aromatic heterocycles. The highest BCUT2D eigenvalue weighted by molar-refractivity contribution is 5.81. The molecule has 0 aliphatic heterocycles. The predicted octanol–water partition coefficient (Wildman–Crippen LogP) is 2.93. The predicted molar refractivity (Wildman–Crippen MR) is 85.9 cm³/mol. The van der Waals surface area contributed by atoms with Crippen molar-refractivity contribution in [2.24, 2.45) is 5.73 Å². The molecule has 3 nitrogen and oxygen atoms in total. The zero-order chi connectivity index (χ0) is 15.4. The van der Waals surface area contributed by atoms with Gasteiger partial charge in [0.15, 0.2) is 0 Å². The van der Waals surface area contributed by atoms with Crippen LogP contribution >= 0.6 is 0 Å². The molecule has 1 atom stereocenters. The van der Waals surface area contributed by atoms with E-state index >= 15 is 0 Å². The van der Waals surface area contributed by atoms with Gasteiger partial charge in [0.05, 0.1) is 0 Å². The van der Waals surface area contributed by atoms with Crippen molar-refractivity contribution in [1.29, 1.82) is 0 Å². The van der Waals surface area contributed by atoms with Crippen LogP contribution in [0, 0.1) is 20.8 Å². The summed E-state index contributed by atoms with van der Waals surface area (Å²) in [5.41, 5.74) is 11.4. The second-order valence-corrected chi connectivity index (χ2v) is 5.50. The Balaban J connectivity index is 2.19. The topological polar surface area (TPSA) is 55.1 Å². The molecule has 0 heterocycles. The Kier molecular flexibility index (Phi) is 4.76. The first-order chi connectivity index (χ1) is 9.99. The molecule has 3 N–H and O–H groups in total. The van der Waals surface area contributed by atoms with Crippen LogP contribution in [0.25, 0.3) is 0 Å². The third-order valence-electron chi connectivity index (χ3n) is 3.74. The number of hydrogen-bond acceptors (Lipinski definition) is 2. The van der Waals surface area contributed by atoms with Gasteiger partial charge in [-0.25, -0.2) is 0 Å². The molecule has 110 valence electrons. The number of nitrogens with two attached hydrogens (primary N) is 1. The van der Waals surface area contributed by atoms with Gasteiger partial charge in [-0.05, 0) is 43.0 Å². The third-order valence-corrected chi connectivity index (χ3v) is 3.74. The number of rotatable bonds is 5. The molecule has 0 spiro atoms. The maximum Gasteiger partial charge on any atom is 0.239 e. The lowest BCUT2D eigenvalue weighted by atomic mass is 9.99. The Bertz CT molecular complexity index is 612. The van der Waals surface area contributed by atoms with E-state index in [1.165, 1.54) is 22.3 Å². The van der Waals surface area contributed by atoms with Crippen molar-refractivity contribution in [2.45, 2.75) is 33.4 Å². The molecular weight excluding hydrogens is 260 g/mol. The van der Waals surface area contributed by atoms with Gasteiger partial charge >= 0.3 is 0 Å². The van der Waals surface area contributed by atoms with E-state index in [2.05, 4.69) is 38.2 Å². The van der Waals surface area contributed by atoms with Gasteiger partial charge in [0.2, 0.25) is 5.91 Å². The van der Waals surface area contributed by atoms with E-state index in [-0.39, 0.29) is 5.91 Å². The van der Waals surface area contributed by atoms with Crippen molar-refractivity contribution >= 4 is 5.91 Å². The first-order valence-corrected chi connectivity index (χ1v) is 7.13. The number of carbonyl (C=O) groups excluding carboxylic acids is 1. The zero-order valence-electron chi connectivity index (χ0n) is 12.8. The minimum Gasteiger partial charge on any atom is -0.368 e. The summed E-state index contributed by atoms with van der Waals surface area (Å²) in [4.78, 5) is 11.7. The highest BCUT2D eigenvalue weighted by Gasteiger charge is 2.17. The summed E-state index contributed by atoms with van der Waals surface area (Å²) in [6, 6.07) is 13.4. The molecule has 2 aromatic rings. The van der Waals surface area contributed by atoms with E-state index in [9.17, 15) is 4.79 Å². The van der Waals surface area contributed by atoms with Crippen LogP contribution in [0.15, 0.2) is 42.5 Å². The minimum absolute atomic E-state index is 0.358. The number of primary amides is 1. The molecule has 2 aromatic carbocycles. The second-order valence-electron chi connectivity index (χ2n) is 5.50. The van der Waals surface area contributed by atoms with E-state index in [4.69, 9.17) is 5.73 Å². The van der Waals surface area contributed by atoms with Gasteiger partial charge in [-0.2, -0.15) is 0 Å². The summed E-state index contributed by atoms with van der Waals surface area (Å²) in [7, 11) is 0. The lowest BCUT2D eigenvalue weighted by Crippen LogP contribution is -2.33. The molecule has 21 heavy (non-hydrogen) atoms. The van der Waals surface area contributed by atoms with E-state index in [1.807, 2.05) is 30.3 Å². The zero-order valence-corrected chi connectivity index (χ0v) is 12.8. The number of amides is 1. The van der Waals surface area contributed by atoms with Crippen molar-refractivity contribution in [1.82, 2.24) is 5.32 Å². The van der Waals surface area contributed by atoms with Gasteiger partial charge in [0.25, 0.3) is 0 Å². The molecule has 1 amide bonds. The van der Waals surface area contributed by atoms with Gasteiger partial charge in [-0.15, -0.1) is 0 Å². The van der Waals surface area contributed by atoms with Gasteiger partial charge in [-0.3, -0.25) is 10.1 Å². The van der Waals surface area contributed by atoms with Gasteiger partial charge in [0, 0.05) is 6.54 Å². The van der Waals surface area contributed by atoms with Crippen molar-refractivity contribution < 1.29 is 4.79 Å². The molecule has 0 unspecified atom stereocenters. The molecule has 0 saturated heterocycles. The fourth-order valence-corrected chi connectivity index (χ4v) is 2.72. The van der Waals surface area contributed by atoms with E-state index in [1.54, 1.807) is 0 Å². The molecule has 0 aliphatic rings. The number of aryl methyl sites for hydroxylation is 3. The molecule has 0 bridgehead atoms. The van der Waals surface area contributed by atoms with E-state index in [0.717, 1.165) is 5.56 Å². The lowest BCUT2D eigenvalue weighted by molar-refractivity contribution is -0.120. The largest absolute Gasteiger partial charge is 0.368 e. The van der Waals surface area contributed by atoms with Gasteiger partial charge in [-0.1, -0.05) is 48.0 Å². The molecule has 0 aliphatic carbocycles. The molecule has 3 heteroatoms. The molecular formula is C18H22N2O. The summed E-state index contributed by atoms with van der Waals surface area (Å²) in [5.74, 6) is -0.358. The molecule has 0 fully saturated rings. The summed E-state index contributed by atoms with van der Waals surface area (Å²) >= 11 is 0. The second kappa shape index (κ2) is 6.55. The Hall–Kier alpha value is -2.13. The van der Waals surface area contributed by atoms with Crippen molar-refractivity contribution in [2.75, 3.05) is 0 Å². The Morgan fingerprint density at radius 3 is 2.19 bits per heavy atom. The number of nitrogens with one attached hydrogen (secondary N) is 1. The van der Waals surface area contributed by atoms with Crippen LogP contribution in [0.4, 0.5) is 0 Å². The quantitative estimate of drug-likeness (QED) is 0.886. The number of carbonyl (C=O) groups is 1. The van der Waals surface area contributed by atoms with Crippen molar-refractivity contribution in [3.63, 3.8) is 0 Å². The number of benzene rings is 2. The van der Waals surface area contributed by atoms with Crippen LogP contribution in [0.1, 0.15) is 33.9 Å². The molecule has 0 saturated carbocycles. The maximum atomic E-state index is 11.7. The maximum absolute atomic E-state index is 11.7. The first kappa shape index (κ1) is 15.3. The van der Waals surface area contributed by atoms with Crippen molar-refractivity contribution in [3.8, 4) is 0 Å². The highest BCUT2D eigenvalue weighted by atomic mass is 16.1. The normalized spacial score (nSPS) is 12.1. The van der Waals surface area contributed by atoms with Crippen LogP contribution in [0.5, 0.6) is 0 Å². The highest BCUT2D eigenvalue weighted by Crippen LogP contribution is 2.18. The minimum atomic E-state index is -0.466. The van der Waals surface area contributed by atoms with Crippen LogP contribution in [-0.2, 0) is 11.3 Å². The summed E-state index contributed by atoms with van der Waals surface area (Å²) in [6.45, 7) is 6.91. The SMILES string of the molecule is Cc1cc(C)c(CN[C@@H](C(N)=O)c2ccccc2)c(C)c1. The average Bonchev–Trinajstić information content (AvgIpc) is 2.42. The van der Waals surface area contributed by atoms with Crippen LogP contribution in [0.2, 0.25) is 0 Å². The Labute approximate surface area is 126 Å². The fourth-order valence-electron chi connectivity index (χ4n) is 2.72. The Morgan fingerprint density at radius 1 is 1.10 bits per heavy atom. The van der Waals surface area contributed by atoms with Crippen LogP contribution in [-0.4, -0.2) is 5.91 Å². The fraction of sp³-hybridized carbons (Fsp3) is 0.278. The van der Waals surface area contributed by atoms with Crippen molar-refractivity contribution in [3.05, 3.63) is 70.3 Å². The summed E-state index contributed by atoms with van der Waals surface area (Å²) in [6.07, 6.45) is 0. The van der Waals surface area contributed by atoms with Gasteiger partial charge in [0.1, 0.15) is 6.04 Å². The van der Waals surface area contributed by atoms with E-state index in [0.29, 0.717) is 6.54 Å². The van der Waals surface area contributed by atoms with E-state index < -0.39 is 6.04 Å². The van der Waals surface area contributed by atoms with Crippen LogP contribution in [0.3, 0.4) is 0 Å². The monoisotopic (exact) mass is 282 g/mol. The Morgan fingerprint density at radius 2 is 1.67 bits per heavy atom. The third kappa shape index (κ3) is 3.70. The smallest absolute Gasteiger partial charge is 0.239 e. The number of hydrogen-bond donors (Lipinski definition) is 2. The molecule has 2 rings (SSSR count). The summed E-state index contributed by atoms with van der Waals surface area (Å²) < 4.78 is 0. The lowest BCUT2D eigenvalue weighted by Gasteiger charge is -2.18. The van der Waals surface area contributed by atoms with Gasteiger partial charge < -0.3 is 5.73 Å². The summed E-state index contributed by atoms with van der Waals surface area (Å²) in [5, 5.41) is 3.28. The van der Waals surface area contributed by atoms with Crippen LogP contribution < -0.4 is 11.1 Å².